The fourth-order valence-electron chi connectivity index (χ4n) is 2.92. The first-order valence-electron chi connectivity index (χ1n) is 9.28. The number of nitro groups is 1. The maximum absolute atomic E-state index is 12.7. The number of hydrogen-bond donors (Lipinski definition) is 1. The highest BCUT2D eigenvalue weighted by Crippen LogP contribution is 2.18. The van der Waals surface area contributed by atoms with E-state index in [0.717, 1.165) is 5.56 Å². The Morgan fingerprint density at radius 2 is 1.68 bits per heavy atom. The standard InChI is InChI=1S/C23H18N4O4/c1-26(15-17-7-5-16(14-24)6-8-17)23(29)19-11-9-18(10-12-19)22(28)25-20-3-2-4-21(13-20)27(30)31/h2-13H,15H2,1H3,(H,25,28). The molecule has 0 fully saturated rings. The molecule has 3 aromatic rings. The molecule has 0 saturated heterocycles. The van der Waals surface area contributed by atoms with E-state index in [9.17, 15) is 19.7 Å². The lowest BCUT2D eigenvalue weighted by atomic mass is 10.1. The predicted octanol–water partition coefficient (Wildman–Crippen LogP) is 3.99. The van der Waals surface area contributed by atoms with Crippen molar-refractivity contribution in [2.45, 2.75) is 6.54 Å². The zero-order chi connectivity index (χ0) is 22.4. The minimum absolute atomic E-state index is 0.121. The summed E-state index contributed by atoms with van der Waals surface area (Å²) >= 11 is 0. The van der Waals surface area contributed by atoms with Gasteiger partial charge < -0.3 is 10.2 Å². The summed E-state index contributed by atoms with van der Waals surface area (Å²) in [7, 11) is 1.67. The van der Waals surface area contributed by atoms with Gasteiger partial charge in [0.25, 0.3) is 17.5 Å². The highest BCUT2D eigenvalue weighted by molar-refractivity contribution is 6.05. The number of hydrogen-bond acceptors (Lipinski definition) is 5. The second-order valence-electron chi connectivity index (χ2n) is 6.81. The van der Waals surface area contributed by atoms with Gasteiger partial charge in [-0.3, -0.25) is 19.7 Å². The molecule has 0 aliphatic carbocycles. The summed E-state index contributed by atoms with van der Waals surface area (Å²) in [6.07, 6.45) is 0. The first-order chi connectivity index (χ1) is 14.9. The smallest absolute Gasteiger partial charge is 0.271 e. The van der Waals surface area contributed by atoms with Crippen molar-refractivity contribution in [2.24, 2.45) is 0 Å². The lowest BCUT2D eigenvalue weighted by molar-refractivity contribution is -0.384. The van der Waals surface area contributed by atoms with Crippen molar-refractivity contribution in [1.82, 2.24) is 4.90 Å². The van der Waals surface area contributed by atoms with Gasteiger partial charge in [0, 0.05) is 42.5 Å². The van der Waals surface area contributed by atoms with Crippen LogP contribution in [0.5, 0.6) is 0 Å². The van der Waals surface area contributed by atoms with E-state index in [-0.39, 0.29) is 11.6 Å². The van der Waals surface area contributed by atoms with E-state index in [1.807, 2.05) is 0 Å². The third kappa shape index (κ3) is 5.31. The van der Waals surface area contributed by atoms with E-state index in [2.05, 4.69) is 11.4 Å². The number of nitriles is 1. The lowest BCUT2D eigenvalue weighted by Gasteiger charge is -2.17. The van der Waals surface area contributed by atoms with Crippen LogP contribution in [0.3, 0.4) is 0 Å². The zero-order valence-corrected chi connectivity index (χ0v) is 16.6. The fourth-order valence-corrected chi connectivity index (χ4v) is 2.92. The van der Waals surface area contributed by atoms with E-state index in [4.69, 9.17) is 5.26 Å². The summed E-state index contributed by atoms with van der Waals surface area (Å²) < 4.78 is 0. The van der Waals surface area contributed by atoms with Crippen molar-refractivity contribution in [1.29, 1.82) is 5.26 Å². The Morgan fingerprint density at radius 1 is 1.03 bits per heavy atom. The monoisotopic (exact) mass is 414 g/mol. The van der Waals surface area contributed by atoms with Gasteiger partial charge >= 0.3 is 0 Å². The third-order valence-corrected chi connectivity index (χ3v) is 4.56. The Labute approximate surface area is 178 Å². The predicted molar refractivity (Wildman–Crippen MR) is 114 cm³/mol. The number of carbonyl (C=O) groups excluding carboxylic acids is 2. The Hall–Kier alpha value is -4.51. The number of nitrogens with zero attached hydrogens (tertiary/aromatic N) is 3. The normalized spacial score (nSPS) is 10.1. The Bertz CT molecular complexity index is 1170. The molecule has 3 aromatic carbocycles. The molecule has 8 nitrogen and oxygen atoms in total. The molecule has 0 atom stereocenters. The number of benzene rings is 3. The van der Waals surface area contributed by atoms with E-state index in [1.54, 1.807) is 54.4 Å². The quantitative estimate of drug-likeness (QED) is 0.483. The second kappa shape index (κ2) is 9.33. The second-order valence-corrected chi connectivity index (χ2v) is 6.81. The minimum atomic E-state index is -0.537. The number of nitro benzene ring substituents is 1. The van der Waals surface area contributed by atoms with Gasteiger partial charge in [0.05, 0.1) is 16.6 Å². The third-order valence-electron chi connectivity index (χ3n) is 4.56. The molecule has 8 heteroatoms. The van der Waals surface area contributed by atoms with Gasteiger partial charge in [-0.1, -0.05) is 18.2 Å². The number of amides is 2. The van der Waals surface area contributed by atoms with Crippen LogP contribution >= 0.6 is 0 Å². The van der Waals surface area contributed by atoms with Crippen LogP contribution in [0.25, 0.3) is 0 Å². The topological polar surface area (TPSA) is 116 Å². The van der Waals surface area contributed by atoms with Gasteiger partial charge in [0.15, 0.2) is 0 Å². The van der Waals surface area contributed by atoms with E-state index >= 15 is 0 Å². The average molecular weight is 414 g/mol. The van der Waals surface area contributed by atoms with E-state index in [0.29, 0.717) is 28.9 Å². The van der Waals surface area contributed by atoms with Crippen LogP contribution in [-0.2, 0) is 6.54 Å². The molecular weight excluding hydrogens is 396 g/mol. The number of non-ortho nitro benzene ring substituents is 1. The number of anilines is 1. The van der Waals surface area contributed by atoms with E-state index in [1.165, 1.54) is 30.3 Å². The number of nitrogens with one attached hydrogen (secondary N) is 1. The van der Waals surface area contributed by atoms with Crippen LogP contribution in [-0.4, -0.2) is 28.7 Å². The van der Waals surface area contributed by atoms with Crippen LogP contribution in [0.1, 0.15) is 31.8 Å². The molecule has 0 aliphatic heterocycles. The number of rotatable bonds is 6. The molecule has 1 N–H and O–H groups in total. The Kier molecular flexibility index (Phi) is 6.38. The average Bonchev–Trinajstić information content (AvgIpc) is 2.79. The molecule has 3 rings (SSSR count). The molecule has 154 valence electrons. The lowest BCUT2D eigenvalue weighted by Crippen LogP contribution is -2.26. The first-order valence-corrected chi connectivity index (χ1v) is 9.28. The van der Waals surface area contributed by atoms with Crippen LogP contribution in [0.15, 0.2) is 72.8 Å². The molecule has 0 saturated carbocycles. The first kappa shape index (κ1) is 21.2. The van der Waals surface area contributed by atoms with E-state index < -0.39 is 10.8 Å². The SMILES string of the molecule is CN(Cc1ccc(C#N)cc1)C(=O)c1ccc(C(=O)Nc2cccc([N+](=O)[O-])c2)cc1. The highest BCUT2D eigenvalue weighted by atomic mass is 16.6. The van der Waals surface area contributed by atoms with Gasteiger partial charge in [0.1, 0.15) is 0 Å². The minimum Gasteiger partial charge on any atom is -0.337 e. The fraction of sp³-hybridized carbons (Fsp3) is 0.0870. The van der Waals surface area contributed by atoms with Crippen molar-refractivity contribution >= 4 is 23.2 Å². The van der Waals surface area contributed by atoms with Crippen LogP contribution in [0, 0.1) is 21.4 Å². The zero-order valence-electron chi connectivity index (χ0n) is 16.6. The summed E-state index contributed by atoms with van der Waals surface area (Å²) in [4.78, 5) is 36.9. The molecule has 0 heterocycles. The van der Waals surface area contributed by atoms with Gasteiger partial charge in [-0.05, 0) is 48.0 Å². The largest absolute Gasteiger partial charge is 0.337 e. The van der Waals surface area contributed by atoms with Gasteiger partial charge in [-0.25, -0.2) is 0 Å². The highest BCUT2D eigenvalue weighted by Gasteiger charge is 2.14. The van der Waals surface area contributed by atoms with Crippen molar-refractivity contribution in [3.8, 4) is 6.07 Å². The van der Waals surface area contributed by atoms with Crippen molar-refractivity contribution in [3.05, 3.63) is 105 Å². The summed E-state index contributed by atoms with van der Waals surface area (Å²) in [5.74, 6) is -0.652. The molecule has 0 aromatic heterocycles. The van der Waals surface area contributed by atoms with Gasteiger partial charge in [-0.15, -0.1) is 0 Å². The number of carbonyl (C=O) groups is 2. The van der Waals surface area contributed by atoms with Crippen LogP contribution in [0.4, 0.5) is 11.4 Å². The maximum Gasteiger partial charge on any atom is 0.271 e. The van der Waals surface area contributed by atoms with Crippen molar-refractivity contribution in [3.63, 3.8) is 0 Å². The summed E-state index contributed by atoms with van der Waals surface area (Å²) in [6, 6.07) is 20.8. The maximum atomic E-state index is 12.7. The van der Waals surface area contributed by atoms with Crippen LogP contribution in [0.2, 0.25) is 0 Å². The molecule has 0 radical (unpaired) electrons. The molecule has 0 aliphatic rings. The molecule has 31 heavy (non-hydrogen) atoms. The summed E-state index contributed by atoms with van der Waals surface area (Å²) in [5.41, 5.74) is 2.37. The van der Waals surface area contributed by atoms with Crippen LogP contribution < -0.4 is 5.32 Å². The molecular formula is C23H18N4O4. The molecule has 0 bridgehead atoms. The Balaban J connectivity index is 1.65. The molecule has 2 amide bonds. The summed E-state index contributed by atoms with van der Waals surface area (Å²) in [5, 5.41) is 22.3. The molecule has 0 unspecified atom stereocenters. The van der Waals surface area contributed by atoms with Gasteiger partial charge in [0.2, 0.25) is 0 Å². The Morgan fingerprint density at radius 3 is 2.29 bits per heavy atom. The molecule has 0 spiro atoms. The van der Waals surface area contributed by atoms with Gasteiger partial charge in [-0.2, -0.15) is 5.26 Å². The van der Waals surface area contributed by atoms with Crippen molar-refractivity contribution < 1.29 is 14.5 Å². The summed E-state index contributed by atoms with van der Waals surface area (Å²) in [6.45, 7) is 0.375. The van der Waals surface area contributed by atoms with Crippen molar-refractivity contribution in [2.75, 3.05) is 12.4 Å².